The fraction of sp³-hybridized carbons (Fsp3) is 0.355. The SMILES string of the molecule is COc1cc(C(=O)O)ccc1NC(=O)[C@@H]1C[C@@H](CC(C)(C)C)[C@@]2(C(=O)Nc3ccncc32)[C@H]1c1cccc(Cl)c1F. The van der Waals surface area contributed by atoms with E-state index in [2.05, 4.69) is 36.4 Å². The van der Waals surface area contributed by atoms with Crippen LogP contribution in [0.4, 0.5) is 15.8 Å². The fourth-order valence-corrected chi connectivity index (χ4v) is 6.89. The number of aromatic carboxylic acids is 1. The van der Waals surface area contributed by atoms with E-state index in [1.165, 1.54) is 31.4 Å². The number of halogens is 2. The van der Waals surface area contributed by atoms with E-state index in [1.54, 1.807) is 30.6 Å². The summed E-state index contributed by atoms with van der Waals surface area (Å²) in [6, 6.07) is 10.5. The van der Waals surface area contributed by atoms with Crippen molar-refractivity contribution < 1.29 is 28.6 Å². The van der Waals surface area contributed by atoms with E-state index in [0.717, 1.165) is 0 Å². The smallest absolute Gasteiger partial charge is 0.335 e. The second-order valence-corrected chi connectivity index (χ2v) is 12.3. The monoisotopic (exact) mass is 579 g/mol. The molecule has 2 amide bonds. The van der Waals surface area contributed by atoms with E-state index >= 15 is 4.39 Å². The second-order valence-electron chi connectivity index (χ2n) is 11.9. The summed E-state index contributed by atoms with van der Waals surface area (Å²) in [7, 11) is 1.37. The molecule has 0 saturated heterocycles. The minimum absolute atomic E-state index is 0.00415. The Morgan fingerprint density at radius 1 is 1.24 bits per heavy atom. The van der Waals surface area contributed by atoms with Crippen molar-refractivity contribution in [1.29, 1.82) is 0 Å². The number of anilines is 2. The van der Waals surface area contributed by atoms with Crippen LogP contribution in [-0.2, 0) is 15.0 Å². The van der Waals surface area contributed by atoms with Gasteiger partial charge in [0.25, 0.3) is 0 Å². The summed E-state index contributed by atoms with van der Waals surface area (Å²) < 4.78 is 21.2. The number of carbonyl (C=O) groups excluding carboxylic acids is 2. The van der Waals surface area contributed by atoms with Crippen LogP contribution in [0.2, 0.25) is 5.02 Å². The molecule has 0 unspecified atom stereocenters. The summed E-state index contributed by atoms with van der Waals surface area (Å²) in [4.78, 5) is 44.1. The van der Waals surface area contributed by atoms with Gasteiger partial charge in [-0.1, -0.05) is 44.5 Å². The summed E-state index contributed by atoms with van der Waals surface area (Å²) >= 11 is 6.25. The van der Waals surface area contributed by atoms with Crippen molar-refractivity contribution in [1.82, 2.24) is 4.98 Å². The molecular weight excluding hydrogens is 549 g/mol. The molecule has 1 aliphatic carbocycles. The Morgan fingerprint density at radius 3 is 2.68 bits per heavy atom. The molecule has 1 saturated carbocycles. The third kappa shape index (κ3) is 4.82. The number of carbonyl (C=O) groups is 3. The van der Waals surface area contributed by atoms with Crippen LogP contribution in [0.25, 0.3) is 0 Å². The number of fused-ring (bicyclic) bond motifs is 2. The summed E-state index contributed by atoms with van der Waals surface area (Å²) in [6.07, 6.45) is 4.08. The Kier molecular flexibility index (Phi) is 7.27. The molecule has 214 valence electrons. The maximum Gasteiger partial charge on any atom is 0.335 e. The Balaban J connectivity index is 1.69. The van der Waals surface area contributed by atoms with Gasteiger partial charge in [-0.3, -0.25) is 14.6 Å². The number of pyridine rings is 1. The van der Waals surface area contributed by atoms with Crippen molar-refractivity contribution in [3.05, 3.63) is 82.4 Å². The fourth-order valence-electron chi connectivity index (χ4n) is 6.71. The Labute approximate surface area is 242 Å². The first kappa shape index (κ1) is 28.5. The zero-order valence-electron chi connectivity index (χ0n) is 23.1. The number of ether oxygens (including phenoxy) is 1. The molecule has 1 aliphatic heterocycles. The molecule has 3 aromatic rings. The zero-order valence-corrected chi connectivity index (χ0v) is 23.9. The average molecular weight is 580 g/mol. The molecule has 10 heteroatoms. The summed E-state index contributed by atoms with van der Waals surface area (Å²) in [5, 5.41) is 15.1. The lowest BCUT2D eigenvalue weighted by Gasteiger charge is -2.38. The number of rotatable bonds is 6. The maximum atomic E-state index is 15.9. The van der Waals surface area contributed by atoms with Gasteiger partial charge in [0.05, 0.1) is 28.8 Å². The van der Waals surface area contributed by atoms with Gasteiger partial charge in [0, 0.05) is 35.5 Å². The van der Waals surface area contributed by atoms with Crippen LogP contribution >= 0.6 is 11.6 Å². The van der Waals surface area contributed by atoms with Crippen molar-refractivity contribution in [3.8, 4) is 5.75 Å². The van der Waals surface area contributed by atoms with Crippen LogP contribution in [-0.4, -0.2) is 35.0 Å². The van der Waals surface area contributed by atoms with E-state index in [4.69, 9.17) is 16.3 Å². The van der Waals surface area contributed by atoms with Gasteiger partial charge in [0.1, 0.15) is 11.6 Å². The Hall–Kier alpha value is -3.98. The molecule has 41 heavy (non-hydrogen) atoms. The summed E-state index contributed by atoms with van der Waals surface area (Å²) in [5.74, 6) is -4.52. The molecule has 0 bridgehead atoms. The lowest BCUT2D eigenvalue weighted by atomic mass is 9.62. The quantitative estimate of drug-likeness (QED) is 0.317. The lowest BCUT2D eigenvalue weighted by Crippen LogP contribution is -2.45. The van der Waals surface area contributed by atoms with Gasteiger partial charge in [-0.2, -0.15) is 0 Å². The normalized spacial score (nSPS) is 23.3. The molecule has 2 aliphatic rings. The van der Waals surface area contributed by atoms with Crippen LogP contribution in [0.1, 0.15) is 61.0 Å². The van der Waals surface area contributed by atoms with Crippen LogP contribution in [0.3, 0.4) is 0 Å². The number of hydrogen-bond acceptors (Lipinski definition) is 5. The average Bonchev–Trinajstić information content (AvgIpc) is 3.40. The van der Waals surface area contributed by atoms with Crippen molar-refractivity contribution in [2.24, 2.45) is 17.3 Å². The highest BCUT2D eigenvalue weighted by atomic mass is 35.5. The number of nitrogens with one attached hydrogen (secondary N) is 2. The minimum atomic E-state index is -1.29. The number of nitrogens with zero attached hydrogens (tertiary/aromatic N) is 1. The zero-order chi connectivity index (χ0) is 29.7. The molecule has 1 aromatic heterocycles. The third-order valence-corrected chi connectivity index (χ3v) is 8.48. The molecule has 3 N–H and O–H groups in total. The predicted octanol–water partition coefficient (Wildman–Crippen LogP) is 6.27. The van der Waals surface area contributed by atoms with Crippen molar-refractivity contribution in [3.63, 3.8) is 0 Å². The minimum Gasteiger partial charge on any atom is -0.495 e. The molecular formula is C31H31ClFN3O5. The molecule has 8 nitrogen and oxygen atoms in total. The van der Waals surface area contributed by atoms with Crippen LogP contribution in [0, 0.1) is 23.1 Å². The molecule has 4 atom stereocenters. The number of amides is 2. The molecule has 2 aromatic carbocycles. The van der Waals surface area contributed by atoms with Gasteiger partial charge in [0.2, 0.25) is 11.8 Å². The lowest BCUT2D eigenvalue weighted by molar-refractivity contribution is -0.123. The molecule has 0 radical (unpaired) electrons. The topological polar surface area (TPSA) is 118 Å². The number of aromatic nitrogens is 1. The van der Waals surface area contributed by atoms with E-state index in [1.807, 2.05) is 0 Å². The van der Waals surface area contributed by atoms with Crippen molar-refractivity contribution in [2.75, 3.05) is 17.7 Å². The van der Waals surface area contributed by atoms with E-state index in [9.17, 15) is 19.5 Å². The van der Waals surface area contributed by atoms with Gasteiger partial charge in [-0.05, 0) is 60.1 Å². The summed E-state index contributed by atoms with van der Waals surface area (Å²) in [6.45, 7) is 6.19. The number of carboxylic acid groups (broad SMARTS) is 1. The van der Waals surface area contributed by atoms with Gasteiger partial charge in [-0.25, -0.2) is 9.18 Å². The van der Waals surface area contributed by atoms with E-state index < -0.39 is 34.9 Å². The third-order valence-electron chi connectivity index (χ3n) is 8.18. The van der Waals surface area contributed by atoms with E-state index in [0.29, 0.717) is 17.7 Å². The molecule has 5 rings (SSSR count). The molecule has 1 fully saturated rings. The van der Waals surface area contributed by atoms with Crippen LogP contribution in [0.15, 0.2) is 54.9 Å². The molecule has 1 spiro atoms. The van der Waals surface area contributed by atoms with Gasteiger partial charge in [-0.15, -0.1) is 0 Å². The number of hydrogen-bond donors (Lipinski definition) is 3. The number of benzene rings is 2. The standard InChI is InChI=1S/C31H31ClFN3O5/c1-30(2,3)14-17-13-19(27(37)35-23-9-8-16(28(38)39)12-24(23)41-4)25(18-6-5-7-21(32)26(18)33)31(17)20-15-34-11-10-22(20)36-29(31)40/h5-12,15,17,19,25H,13-14H2,1-4H3,(H,35,37)(H,36,40)(H,38,39)/t17-,19+,25-,31-/m0/s1. The van der Waals surface area contributed by atoms with Crippen LogP contribution in [0.5, 0.6) is 5.75 Å². The highest BCUT2D eigenvalue weighted by Crippen LogP contribution is 2.64. The van der Waals surface area contributed by atoms with Gasteiger partial charge >= 0.3 is 5.97 Å². The highest BCUT2D eigenvalue weighted by Gasteiger charge is 2.66. The second kappa shape index (κ2) is 10.4. The highest BCUT2D eigenvalue weighted by molar-refractivity contribution is 6.30. The first-order chi connectivity index (χ1) is 19.4. The summed E-state index contributed by atoms with van der Waals surface area (Å²) in [5.41, 5.74) is 0.137. The first-order valence-electron chi connectivity index (χ1n) is 13.3. The van der Waals surface area contributed by atoms with Gasteiger partial charge in [0.15, 0.2) is 0 Å². The molecule has 2 heterocycles. The van der Waals surface area contributed by atoms with Crippen molar-refractivity contribution >= 4 is 40.8 Å². The maximum absolute atomic E-state index is 15.9. The van der Waals surface area contributed by atoms with E-state index in [-0.39, 0.29) is 51.2 Å². The van der Waals surface area contributed by atoms with Gasteiger partial charge < -0.3 is 20.5 Å². The predicted molar refractivity (Wildman–Crippen MR) is 153 cm³/mol. The number of methoxy groups -OCH3 is 1. The Morgan fingerprint density at radius 2 is 2.00 bits per heavy atom. The Bertz CT molecular complexity index is 1550. The van der Waals surface area contributed by atoms with Crippen LogP contribution < -0.4 is 15.4 Å². The first-order valence-corrected chi connectivity index (χ1v) is 13.7. The number of carboxylic acids is 1. The largest absolute Gasteiger partial charge is 0.495 e. The van der Waals surface area contributed by atoms with Crippen molar-refractivity contribution in [2.45, 2.75) is 44.9 Å².